The normalized spacial score (nSPS) is 19.0. The number of piperazine rings is 1. The first-order valence-electron chi connectivity index (χ1n) is 12.6. The molecule has 3 aromatic rings. The molecule has 0 spiro atoms. The fourth-order valence-corrected chi connectivity index (χ4v) is 5.29. The number of hydrogen-bond donors (Lipinski definition) is 2. The predicted molar refractivity (Wildman–Crippen MR) is 136 cm³/mol. The van der Waals surface area contributed by atoms with Crippen molar-refractivity contribution >= 4 is 16.6 Å². The van der Waals surface area contributed by atoms with Gasteiger partial charge in [-0.1, -0.05) is 30.3 Å². The van der Waals surface area contributed by atoms with Gasteiger partial charge in [0.05, 0.1) is 6.54 Å². The monoisotopic (exact) mass is 485 g/mol. The SMILES string of the molecule is FC(F)(F)CN1CCN(CCNC2CCN(c3cccc(-c4cc5ccccc5[nH]4)c3)CC2)CC1. The lowest BCUT2D eigenvalue weighted by Crippen LogP contribution is -2.51. The van der Waals surface area contributed by atoms with Crippen molar-refractivity contribution in [3.05, 3.63) is 54.6 Å². The van der Waals surface area contributed by atoms with Crippen LogP contribution >= 0.6 is 0 Å². The van der Waals surface area contributed by atoms with E-state index in [2.05, 4.69) is 74.7 Å². The van der Waals surface area contributed by atoms with Crippen molar-refractivity contribution in [3.63, 3.8) is 0 Å². The number of benzene rings is 2. The molecular weight excluding hydrogens is 451 g/mol. The molecular formula is C27H34F3N5. The molecule has 0 amide bonds. The zero-order chi connectivity index (χ0) is 24.3. The van der Waals surface area contributed by atoms with Gasteiger partial charge in [0.15, 0.2) is 0 Å². The molecule has 2 aliphatic rings. The topological polar surface area (TPSA) is 37.5 Å². The minimum atomic E-state index is -4.10. The van der Waals surface area contributed by atoms with Crippen LogP contribution in [0.1, 0.15) is 12.8 Å². The fraction of sp³-hybridized carbons (Fsp3) is 0.481. The van der Waals surface area contributed by atoms with Crippen molar-refractivity contribution in [1.29, 1.82) is 0 Å². The predicted octanol–water partition coefficient (Wildman–Crippen LogP) is 4.57. The van der Waals surface area contributed by atoms with E-state index in [9.17, 15) is 13.2 Å². The van der Waals surface area contributed by atoms with Crippen LogP contribution in [0.15, 0.2) is 54.6 Å². The number of anilines is 1. The van der Waals surface area contributed by atoms with Crippen LogP contribution in [0.2, 0.25) is 0 Å². The quantitative estimate of drug-likeness (QED) is 0.514. The average molecular weight is 486 g/mol. The number of nitrogens with one attached hydrogen (secondary N) is 2. The van der Waals surface area contributed by atoms with E-state index >= 15 is 0 Å². The molecule has 2 saturated heterocycles. The maximum atomic E-state index is 12.5. The third-order valence-electron chi connectivity index (χ3n) is 7.28. The summed E-state index contributed by atoms with van der Waals surface area (Å²) >= 11 is 0. The Hall–Kier alpha value is -2.55. The van der Waals surface area contributed by atoms with Crippen molar-refractivity contribution in [2.24, 2.45) is 0 Å². The molecule has 2 aromatic carbocycles. The summed E-state index contributed by atoms with van der Waals surface area (Å²) in [7, 11) is 0. The van der Waals surface area contributed by atoms with Crippen LogP contribution in [-0.2, 0) is 0 Å². The fourth-order valence-electron chi connectivity index (χ4n) is 5.29. The molecule has 0 unspecified atom stereocenters. The molecule has 35 heavy (non-hydrogen) atoms. The van der Waals surface area contributed by atoms with Crippen molar-refractivity contribution in [2.75, 3.05) is 63.8 Å². The highest BCUT2D eigenvalue weighted by Gasteiger charge is 2.32. The Morgan fingerprint density at radius 1 is 0.857 bits per heavy atom. The van der Waals surface area contributed by atoms with Crippen molar-refractivity contribution in [2.45, 2.75) is 25.1 Å². The molecule has 2 aliphatic heterocycles. The van der Waals surface area contributed by atoms with E-state index in [1.165, 1.54) is 21.5 Å². The lowest BCUT2D eigenvalue weighted by Gasteiger charge is -2.36. The number of alkyl halides is 3. The van der Waals surface area contributed by atoms with E-state index in [0.717, 1.165) is 50.2 Å². The summed E-state index contributed by atoms with van der Waals surface area (Å²) in [6.07, 6.45) is -1.91. The van der Waals surface area contributed by atoms with E-state index in [1.54, 1.807) is 0 Å². The molecule has 0 saturated carbocycles. The van der Waals surface area contributed by atoms with E-state index < -0.39 is 12.7 Å². The first kappa shape index (κ1) is 24.2. The molecule has 0 bridgehead atoms. The molecule has 0 atom stereocenters. The number of aromatic nitrogens is 1. The van der Waals surface area contributed by atoms with Gasteiger partial charge < -0.3 is 15.2 Å². The molecule has 2 fully saturated rings. The van der Waals surface area contributed by atoms with E-state index in [4.69, 9.17) is 0 Å². The van der Waals surface area contributed by atoms with Crippen LogP contribution in [0, 0.1) is 0 Å². The lowest BCUT2D eigenvalue weighted by atomic mass is 10.0. The van der Waals surface area contributed by atoms with Crippen LogP contribution in [0.3, 0.4) is 0 Å². The number of hydrogen-bond acceptors (Lipinski definition) is 4. The highest BCUT2D eigenvalue weighted by atomic mass is 19.4. The molecule has 5 nitrogen and oxygen atoms in total. The van der Waals surface area contributed by atoms with E-state index in [0.29, 0.717) is 32.2 Å². The second-order valence-electron chi connectivity index (χ2n) is 9.77. The number of piperidine rings is 1. The largest absolute Gasteiger partial charge is 0.401 e. The second-order valence-corrected chi connectivity index (χ2v) is 9.77. The van der Waals surface area contributed by atoms with Gasteiger partial charge in [-0.2, -0.15) is 13.2 Å². The molecule has 0 radical (unpaired) electrons. The third-order valence-corrected chi connectivity index (χ3v) is 7.28. The van der Waals surface area contributed by atoms with Crippen LogP contribution in [-0.4, -0.2) is 85.9 Å². The van der Waals surface area contributed by atoms with Crippen LogP contribution < -0.4 is 10.2 Å². The van der Waals surface area contributed by atoms with Gasteiger partial charge in [0.25, 0.3) is 0 Å². The van der Waals surface area contributed by atoms with Gasteiger partial charge in [-0.05, 0) is 42.7 Å². The van der Waals surface area contributed by atoms with Gasteiger partial charge in [0.1, 0.15) is 0 Å². The molecule has 0 aliphatic carbocycles. The Morgan fingerprint density at radius 3 is 2.34 bits per heavy atom. The summed E-state index contributed by atoms with van der Waals surface area (Å²) in [6.45, 7) is 5.44. The number of H-pyrrole nitrogens is 1. The molecule has 1 aromatic heterocycles. The van der Waals surface area contributed by atoms with Crippen molar-refractivity contribution in [1.82, 2.24) is 20.1 Å². The van der Waals surface area contributed by atoms with E-state index in [1.807, 2.05) is 0 Å². The number of para-hydroxylation sites is 1. The van der Waals surface area contributed by atoms with Crippen LogP contribution in [0.25, 0.3) is 22.2 Å². The number of fused-ring (bicyclic) bond motifs is 1. The zero-order valence-corrected chi connectivity index (χ0v) is 20.0. The van der Waals surface area contributed by atoms with Crippen molar-refractivity contribution in [3.8, 4) is 11.3 Å². The zero-order valence-electron chi connectivity index (χ0n) is 20.0. The van der Waals surface area contributed by atoms with E-state index in [-0.39, 0.29) is 0 Å². The van der Waals surface area contributed by atoms with Gasteiger partial charge in [-0.25, -0.2) is 0 Å². The number of nitrogens with zero attached hydrogens (tertiary/aromatic N) is 3. The van der Waals surface area contributed by atoms with Gasteiger partial charge >= 0.3 is 6.18 Å². The molecule has 8 heteroatoms. The summed E-state index contributed by atoms with van der Waals surface area (Å²) in [6, 6.07) is 19.8. The van der Waals surface area contributed by atoms with Crippen LogP contribution in [0.4, 0.5) is 18.9 Å². The smallest absolute Gasteiger partial charge is 0.371 e. The van der Waals surface area contributed by atoms with Gasteiger partial charge in [-0.15, -0.1) is 0 Å². The number of aromatic amines is 1. The standard InChI is InChI=1S/C27H34F3N5/c28-27(29,30)20-34-16-14-33(15-17-34)13-10-31-23-8-11-35(12-9-23)24-6-3-5-21(18-24)26-19-22-4-1-2-7-25(22)32-26/h1-7,18-19,23,31-32H,8-17,20H2. The van der Waals surface area contributed by atoms with Gasteiger partial charge in [-0.3, -0.25) is 9.80 Å². The van der Waals surface area contributed by atoms with Crippen LogP contribution in [0.5, 0.6) is 0 Å². The summed E-state index contributed by atoms with van der Waals surface area (Å²) in [5, 5.41) is 4.90. The third kappa shape index (κ3) is 6.37. The van der Waals surface area contributed by atoms with Gasteiger partial charge in [0.2, 0.25) is 0 Å². The summed E-state index contributed by atoms with van der Waals surface area (Å²) in [5.41, 5.74) is 4.76. The Bertz CT molecular complexity index is 1060. The first-order valence-corrected chi connectivity index (χ1v) is 12.6. The maximum absolute atomic E-state index is 12.5. The lowest BCUT2D eigenvalue weighted by molar-refractivity contribution is -0.149. The highest BCUT2D eigenvalue weighted by Crippen LogP contribution is 2.28. The molecule has 2 N–H and O–H groups in total. The molecule has 188 valence electrons. The average Bonchev–Trinajstić information content (AvgIpc) is 3.29. The summed E-state index contributed by atoms with van der Waals surface area (Å²) < 4.78 is 37.6. The van der Waals surface area contributed by atoms with Crippen molar-refractivity contribution < 1.29 is 13.2 Å². The first-order chi connectivity index (χ1) is 16.9. The minimum Gasteiger partial charge on any atom is -0.371 e. The number of rotatable bonds is 7. The number of halogens is 3. The highest BCUT2D eigenvalue weighted by molar-refractivity contribution is 5.86. The molecule has 3 heterocycles. The Balaban J connectivity index is 1.06. The molecule has 5 rings (SSSR count). The maximum Gasteiger partial charge on any atom is 0.401 e. The summed E-state index contributed by atoms with van der Waals surface area (Å²) in [5.74, 6) is 0. The summed E-state index contributed by atoms with van der Waals surface area (Å²) in [4.78, 5) is 9.76. The Kier molecular flexibility index (Phi) is 7.32. The Morgan fingerprint density at radius 2 is 1.60 bits per heavy atom. The minimum absolute atomic E-state index is 0.495. The van der Waals surface area contributed by atoms with Gasteiger partial charge in [0, 0.05) is 80.7 Å². The second kappa shape index (κ2) is 10.6. The Labute approximate surface area is 204 Å².